The average Bonchev–Trinajstić information content (AvgIpc) is 3.33. The standard InChI is InChI=1S/C28H36N4O3/c1-20-7-9-22(10-8-20)25-17-32-19-30-26(24(32)18-35-25)28(34)31-15-12-23(13-16-31)27(33)29-14-11-21-5-3-2-4-6-21/h5,7-10,19,23,25H,2-4,6,11-18H2,1H3,(H,29,33). The van der Waals surface area contributed by atoms with Gasteiger partial charge in [-0.3, -0.25) is 9.59 Å². The molecule has 2 amide bonds. The van der Waals surface area contributed by atoms with Crippen LogP contribution >= 0.6 is 0 Å². The van der Waals surface area contributed by atoms with Crippen LogP contribution in [0.1, 0.15) is 78.4 Å². The number of ether oxygens (including phenoxy) is 1. The Morgan fingerprint density at radius 1 is 1.14 bits per heavy atom. The van der Waals surface area contributed by atoms with Gasteiger partial charge in [-0.2, -0.15) is 0 Å². The van der Waals surface area contributed by atoms with Crippen LogP contribution in [0.5, 0.6) is 0 Å². The van der Waals surface area contributed by atoms with Gasteiger partial charge in [0.2, 0.25) is 5.91 Å². The van der Waals surface area contributed by atoms with Crippen molar-refractivity contribution in [3.63, 3.8) is 0 Å². The van der Waals surface area contributed by atoms with Gasteiger partial charge in [0.15, 0.2) is 5.69 Å². The summed E-state index contributed by atoms with van der Waals surface area (Å²) in [7, 11) is 0. The second-order valence-corrected chi connectivity index (χ2v) is 10.1. The topological polar surface area (TPSA) is 76.5 Å². The fourth-order valence-electron chi connectivity index (χ4n) is 5.41. The number of aryl methyl sites for hydroxylation is 1. The van der Waals surface area contributed by atoms with Crippen molar-refractivity contribution in [2.75, 3.05) is 19.6 Å². The number of hydrogen-bond donors (Lipinski definition) is 1. The summed E-state index contributed by atoms with van der Waals surface area (Å²) in [5, 5.41) is 3.12. The van der Waals surface area contributed by atoms with Crippen LogP contribution in [-0.2, 0) is 22.7 Å². The molecule has 1 saturated heterocycles. The van der Waals surface area contributed by atoms with E-state index >= 15 is 0 Å². The number of fused-ring (bicyclic) bond motifs is 1. The Bertz CT molecular complexity index is 1080. The molecule has 7 heteroatoms. The number of hydrogen-bond acceptors (Lipinski definition) is 4. The van der Waals surface area contributed by atoms with Gasteiger partial charge in [0.1, 0.15) is 6.10 Å². The molecule has 35 heavy (non-hydrogen) atoms. The monoisotopic (exact) mass is 476 g/mol. The van der Waals surface area contributed by atoms with Gasteiger partial charge < -0.3 is 19.5 Å². The molecular formula is C28H36N4O3. The van der Waals surface area contributed by atoms with Crippen LogP contribution in [-0.4, -0.2) is 45.9 Å². The van der Waals surface area contributed by atoms with Crippen molar-refractivity contribution in [2.45, 2.75) is 71.1 Å². The van der Waals surface area contributed by atoms with E-state index < -0.39 is 0 Å². The minimum Gasteiger partial charge on any atom is -0.365 e. The fourth-order valence-corrected chi connectivity index (χ4v) is 5.41. The lowest BCUT2D eigenvalue weighted by molar-refractivity contribution is -0.126. The molecule has 1 aromatic heterocycles. The molecule has 1 N–H and O–H groups in total. The van der Waals surface area contributed by atoms with Gasteiger partial charge in [-0.1, -0.05) is 41.5 Å². The first-order valence-electron chi connectivity index (χ1n) is 13.1. The molecule has 2 aliphatic heterocycles. The van der Waals surface area contributed by atoms with Gasteiger partial charge in [0.25, 0.3) is 5.91 Å². The van der Waals surface area contributed by atoms with E-state index in [9.17, 15) is 9.59 Å². The summed E-state index contributed by atoms with van der Waals surface area (Å²) >= 11 is 0. The number of carbonyl (C=O) groups excluding carboxylic acids is 2. The van der Waals surface area contributed by atoms with Crippen molar-refractivity contribution < 1.29 is 14.3 Å². The summed E-state index contributed by atoms with van der Waals surface area (Å²) in [6.45, 7) is 4.98. The Kier molecular flexibility index (Phi) is 7.32. The lowest BCUT2D eigenvalue weighted by Gasteiger charge is -2.31. The smallest absolute Gasteiger partial charge is 0.274 e. The Labute approximate surface area is 207 Å². The summed E-state index contributed by atoms with van der Waals surface area (Å²) in [5.74, 6) is 0.0524. The lowest BCUT2D eigenvalue weighted by Crippen LogP contribution is -2.43. The highest BCUT2D eigenvalue weighted by molar-refractivity contribution is 5.93. The predicted molar refractivity (Wildman–Crippen MR) is 134 cm³/mol. The van der Waals surface area contributed by atoms with Crippen molar-refractivity contribution in [3.05, 3.63) is 64.8 Å². The maximum absolute atomic E-state index is 13.2. The molecule has 1 aliphatic carbocycles. The summed E-state index contributed by atoms with van der Waals surface area (Å²) in [4.78, 5) is 32.2. The zero-order valence-electron chi connectivity index (χ0n) is 20.7. The van der Waals surface area contributed by atoms with Gasteiger partial charge in [-0.15, -0.1) is 0 Å². The first kappa shape index (κ1) is 23.8. The molecule has 3 aliphatic rings. The summed E-state index contributed by atoms with van der Waals surface area (Å²) in [6.07, 6.45) is 11.3. The van der Waals surface area contributed by atoms with Crippen molar-refractivity contribution in [1.29, 1.82) is 0 Å². The van der Waals surface area contributed by atoms with E-state index in [2.05, 4.69) is 47.6 Å². The number of nitrogens with one attached hydrogen (secondary N) is 1. The van der Waals surface area contributed by atoms with E-state index in [0.29, 0.717) is 51.3 Å². The molecule has 0 bridgehead atoms. The van der Waals surface area contributed by atoms with Crippen LogP contribution in [0.15, 0.2) is 42.2 Å². The van der Waals surface area contributed by atoms with Crippen LogP contribution in [0.4, 0.5) is 0 Å². The summed E-state index contributed by atoms with van der Waals surface area (Å²) < 4.78 is 8.15. The largest absolute Gasteiger partial charge is 0.365 e. The normalized spacial score (nSPS) is 20.8. The Balaban J connectivity index is 1.12. The Hall–Kier alpha value is -2.93. The third-order valence-corrected chi connectivity index (χ3v) is 7.67. The van der Waals surface area contributed by atoms with Crippen molar-refractivity contribution in [2.24, 2.45) is 5.92 Å². The van der Waals surface area contributed by atoms with E-state index in [1.165, 1.54) is 36.8 Å². The molecule has 1 atom stereocenters. The fraction of sp³-hybridized carbons (Fsp3) is 0.536. The number of carbonyl (C=O) groups is 2. The highest BCUT2D eigenvalue weighted by Gasteiger charge is 2.32. The SMILES string of the molecule is Cc1ccc(C2Cn3cnc(C(=O)N4CCC(C(=O)NCCC5=CCCCC5)CC4)c3CO2)cc1. The Morgan fingerprint density at radius 2 is 1.94 bits per heavy atom. The lowest BCUT2D eigenvalue weighted by atomic mass is 9.95. The molecule has 5 rings (SSSR count). The molecule has 186 valence electrons. The number of allylic oxidation sites excluding steroid dienone is 1. The minimum absolute atomic E-state index is 0.0195. The highest BCUT2D eigenvalue weighted by Crippen LogP contribution is 2.29. The number of amides is 2. The van der Waals surface area contributed by atoms with Gasteiger partial charge in [-0.05, 0) is 57.4 Å². The quantitative estimate of drug-likeness (QED) is 0.630. The number of piperidine rings is 1. The number of rotatable bonds is 6. The molecule has 3 heterocycles. The van der Waals surface area contributed by atoms with Gasteiger partial charge in [0, 0.05) is 25.6 Å². The van der Waals surface area contributed by atoms with Gasteiger partial charge in [0.05, 0.1) is 25.2 Å². The van der Waals surface area contributed by atoms with Crippen LogP contribution < -0.4 is 5.32 Å². The Morgan fingerprint density at radius 3 is 2.69 bits per heavy atom. The van der Waals surface area contributed by atoms with Gasteiger partial charge in [-0.25, -0.2) is 4.98 Å². The maximum Gasteiger partial charge on any atom is 0.274 e. The zero-order valence-corrected chi connectivity index (χ0v) is 20.7. The average molecular weight is 477 g/mol. The van der Waals surface area contributed by atoms with E-state index in [0.717, 1.165) is 17.7 Å². The number of aromatic nitrogens is 2. The maximum atomic E-state index is 13.2. The van der Waals surface area contributed by atoms with Crippen molar-refractivity contribution in [1.82, 2.24) is 19.8 Å². The number of benzene rings is 1. The minimum atomic E-state index is -0.0563. The van der Waals surface area contributed by atoms with Crippen molar-refractivity contribution >= 4 is 11.8 Å². The number of imidazole rings is 1. The van der Waals surface area contributed by atoms with Crippen LogP contribution in [0, 0.1) is 12.8 Å². The number of nitrogens with zero attached hydrogens (tertiary/aromatic N) is 3. The van der Waals surface area contributed by atoms with E-state index in [1.807, 2.05) is 9.47 Å². The molecule has 1 aromatic carbocycles. The van der Waals surface area contributed by atoms with Crippen LogP contribution in [0.3, 0.4) is 0 Å². The van der Waals surface area contributed by atoms with Crippen molar-refractivity contribution in [3.8, 4) is 0 Å². The molecule has 7 nitrogen and oxygen atoms in total. The highest BCUT2D eigenvalue weighted by atomic mass is 16.5. The number of likely N-dealkylation sites (tertiary alicyclic amines) is 1. The summed E-state index contributed by atoms with van der Waals surface area (Å²) in [6, 6.07) is 8.38. The molecule has 2 aromatic rings. The molecule has 0 saturated carbocycles. The first-order valence-corrected chi connectivity index (χ1v) is 13.1. The third kappa shape index (κ3) is 5.50. The second kappa shape index (κ2) is 10.8. The van der Waals surface area contributed by atoms with Crippen LogP contribution in [0.25, 0.3) is 0 Å². The molecule has 1 unspecified atom stereocenters. The predicted octanol–water partition coefficient (Wildman–Crippen LogP) is 4.32. The second-order valence-electron chi connectivity index (χ2n) is 10.1. The van der Waals surface area contributed by atoms with E-state index in [-0.39, 0.29) is 23.8 Å². The van der Waals surface area contributed by atoms with Gasteiger partial charge >= 0.3 is 0 Å². The molecular weight excluding hydrogens is 440 g/mol. The molecule has 0 spiro atoms. The zero-order chi connectivity index (χ0) is 24.2. The summed E-state index contributed by atoms with van der Waals surface area (Å²) in [5.41, 5.74) is 5.17. The van der Waals surface area contributed by atoms with Crippen LogP contribution in [0.2, 0.25) is 0 Å². The van der Waals surface area contributed by atoms with E-state index in [4.69, 9.17) is 4.74 Å². The first-order chi connectivity index (χ1) is 17.1. The molecule has 0 radical (unpaired) electrons. The molecule has 1 fully saturated rings. The van der Waals surface area contributed by atoms with E-state index in [1.54, 1.807) is 6.33 Å². The third-order valence-electron chi connectivity index (χ3n) is 7.67.